The molecule has 21 heavy (non-hydrogen) atoms. The summed E-state index contributed by atoms with van der Waals surface area (Å²) in [6, 6.07) is -1.40. The van der Waals surface area contributed by atoms with Crippen molar-refractivity contribution in [3.05, 3.63) is 12.2 Å². The van der Waals surface area contributed by atoms with Gasteiger partial charge in [0.15, 0.2) is 0 Å². The maximum atomic E-state index is 11.8. The molecule has 0 bridgehead atoms. The average molecular weight is 298 g/mol. The molecule has 8 heteroatoms. The minimum Gasteiger partial charge on any atom is -0.478 e. The Hall–Kier alpha value is -2.38. The van der Waals surface area contributed by atoms with Gasteiger partial charge in [-0.25, -0.2) is 9.59 Å². The lowest BCUT2D eigenvalue weighted by atomic mass is 9.96. The maximum absolute atomic E-state index is 11.8. The maximum Gasteiger partial charge on any atom is 0.407 e. The van der Waals surface area contributed by atoms with Crippen molar-refractivity contribution < 1.29 is 29.0 Å². The monoisotopic (exact) mass is 298 g/mol. The molecule has 8 nitrogen and oxygen atoms in total. The molecule has 0 aromatic heterocycles. The second kappa shape index (κ2) is 6.87. The zero-order chi connectivity index (χ0) is 16.2. The molecular formula is C13H18N2O6. The zero-order valence-corrected chi connectivity index (χ0v) is 12.0. The number of likely N-dealkylation sites (tertiary alicyclic amines) is 1. The molecule has 3 amide bonds. The van der Waals surface area contributed by atoms with E-state index in [0.29, 0.717) is 6.08 Å². The molecule has 0 spiro atoms. The van der Waals surface area contributed by atoms with Crippen LogP contribution in [0.4, 0.5) is 4.79 Å². The molecular weight excluding hydrogens is 280 g/mol. The predicted molar refractivity (Wildman–Crippen MR) is 71.2 cm³/mol. The van der Waals surface area contributed by atoms with Crippen LogP contribution in [0.5, 0.6) is 0 Å². The number of alkyl carbamates (subject to hydrolysis) is 1. The van der Waals surface area contributed by atoms with Gasteiger partial charge in [-0.2, -0.15) is 0 Å². The fourth-order valence-corrected chi connectivity index (χ4v) is 1.75. The summed E-state index contributed by atoms with van der Waals surface area (Å²) in [5.41, 5.74) is 0. The molecule has 1 rings (SSSR count). The Bertz CT molecular complexity index is 485. The van der Waals surface area contributed by atoms with Crippen LogP contribution in [0.3, 0.4) is 0 Å². The quantitative estimate of drug-likeness (QED) is 0.551. The average Bonchev–Trinajstić information content (AvgIpc) is 2.40. The van der Waals surface area contributed by atoms with Gasteiger partial charge >= 0.3 is 12.1 Å². The van der Waals surface area contributed by atoms with E-state index < -0.39 is 36.0 Å². The highest BCUT2D eigenvalue weighted by Gasteiger charge is 2.48. The Morgan fingerprint density at radius 3 is 2.48 bits per heavy atom. The summed E-state index contributed by atoms with van der Waals surface area (Å²) in [7, 11) is 0. The summed E-state index contributed by atoms with van der Waals surface area (Å²) >= 11 is 0. The van der Waals surface area contributed by atoms with Gasteiger partial charge in [-0.1, -0.05) is 13.8 Å². The SMILES string of the molecule is CC(C)COC(=O)N[C@@H]1C(=O)N(C(=O)/C=C/C(=O)O)[C@H]1C. The predicted octanol–water partition coefficient (Wildman–Crippen LogP) is 0.135. The van der Waals surface area contributed by atoms with E-state index in [4.69, 9.17) is 9.84 Å². The topological polar surface area (TPSA) is 113 Å². The first-order valence-corrected chi connectivity index (χ1v) is 6.45. The van der Waals surface area contributed by atoms with Crippen molar-refractivity contribution >= 4 is 23.9 Å². The summed E-state index contributed by atoms with van der Waals surface area (Å²) in [4.78, 5) is 46.0. The third-order valence-electron chi connectivity index (χ3n) is 2.82. The normalized spacial score (nSPS) is 21.3. The van der Waals surface area contributed by atoms with Gasteiger partial charge in [0.2, 0.25) is 0 Å². The number of hydrogen-bond donors (Lipinski definition) is 2. The van der Waals surface area contributed by atoms with Gasteiger partial charge in [0.25, 0.3) is 11.8 Å². The van der Waals surface area contributed by atoms with Crippen LogP contribution in [0.15, 0.2) is 12.2 Å². The number of hydrogen-bond acceptors (Lipinski definition) is 5. The summed E-state index contributed by atoms with van der Waals surface area (Å²) in [6.07, 6.45) is 0.728. The molecule has 1 fully saturated rings. The number of aliphatic carboxylic acids is 1. The summed E-state index contributed by atoms with van der Waals surface area (Å²) in [6.45, 7) is 5.55. The third kappa shape index (κ3) is 4.30. The van der Waals surface area contributed by atoms with Crippen LogP contribution in [-0.4, -0.2) is 52.6 Å². The van der Waals surface area contributed by atoms with Crippen LogP contribution in [0, 0.1) is 5.92 Å². The van der Waals surface area contributed by atoms with Crippen molar-refractivity contribution in [2.24, 2.45) is 5.92 Å². The zero-order valence-electron chi connectivity index (χ0n) is 12.0. The summed E-state index contributed by atoms with van der Waals surface area (Å²) in [5.74, 6) is -2.44. The molecule has 2 N–H and O–H groups in total. The molecule has 2 atom stereocenters. The van der Waals surface area contributed by atoms with E-state index in [9.17, 15) is 19.2 Å². The first-order valence-electron chi connectivity index (χ1n) is 6.45. The number of β-lactam (4-membered cyclic amide) rings is 1. The molecule has 1 saturated heterocycles. The van der Waals surface area contributed by atoms with E-state index in [2.05, 4.69) is 5.32 Å². The van der Waals surface area contributed by atoms with Gasteiger partial charge in [-0.3, -0.25) is 14.5 Å². The Morgan fingerprint density at radius 1 is 1.38 bits per heavy atom. The van der Waals surface area contributed by atoms with Crippen molar-refractivity contribution in [2.45, 2.75) is 32.9 Å². The smallest absolute Gasteiger partial charge is 0.407 e. The molecule has 0 aromatic rings. The molecule has 1 heterocycles. The van der Waals surface area contributed by atoms with E-state index in [-0.39, 0.29) is 12.5 Å². The van der Waals surface area contributed by atoms with E-state index in [1.807, 2.05) is 13.8 Å². The fraction of sp³-hybridized carbons (Fsp3) is 0.538. The first-order chi connectivity index (χ1) is 9.73. The van der Waals surface area contributed by atoms with Crippen LogP contribution in [-0.2, 0) is 19.1 Å². The first kappa shape index (κ1) is 16.7. The second-order valence-electron chi connectivity index (χ2n) is 5.07. The number of nitrogens with one attached hydrogen (secondary N) is 1. The minimum absolute atomic E-state index is 0.171. The lowest BCUT2D eigenvalue weighted by Gasteiger charge is -2.42. The molecule has 1 aliphatic heterocycles. The Balaban J connectivity index is 2.52. The molecule has 0 aliphatic carbocycles. The lowest BCUT2D eigenvalue weighted by molar-refractivity contribution is -0.158. The number of nitrogens with zero attached hydrogens (tertiary/aromatic N) is 1. The summed E-state index contributed by atoms with van der Waals surface area (Å²) in [5, 5.41) is 10.8. The largest absolute Gasteiger partial charge is 0.478 e. The second-order valence-corrected chi connectivity index (χ2v) is 5.07. The minimum atomic E-state index is -1.28. The van der Waals surface area contributed by atoms with Crippen LogP contribution in [0.2, 0.25) is 0 Å². The van der Waals surface area contributed by atoms with Gasteiger partial charge in [-0.05, 0) is 12.8 Å². The van der Waals surface area contributed by atoms with Crippen LogP contribution >= 0.6 is 0 Å². The standard InChI is InChI=1S/C13H18N2O6/c1-7(2)6-21-13(20)14-11-8(3)15(12(11)19)9(16)4-5-10(17)18/h4-5,7-8,11H,6H2,1-3H3,(H,14,20)(H,17,18)/b5-4+/t8-,11-/m0/s1. The van der Waals surface area contributed by atoms with Crippen molar-refractivity contribution in [1.29, 1.82) is 0 Å². The fourth-order valence-electron chi connectivity index (χ4n) is 1.75. The highest BCUT2D eigenvalue weighted by atomic mass is 16.5. The molecule has 116 valence electrons. The number of carboxylic acid groups (broad SMARTS) is 1. The Labute approximate surface area is 121 Å². The number of imide groups is 1. The highest BCUT2D eigenvalue weighted by molar-refractivity contribution is 6.09. The summed E-state index contributed by atoms with van der Waals surface area (Å²) < 4.78 is 4.88. The van der Waals surface area contributed by atoms with Gasteiger partial charge in [-0.15, -0.1) is 0 Å². The van der Waals surface area contributed by atoms with E-state index >= 15 is 0 Å². The molecule has 0 saturated carbocycles. The number of carbonyl (C=O) groups is 4. The van der Waals surface area contributed by atoms with Gasteiger partial charge in [0.1, 0.15) is 6.04 Å². The Morgan fingerprint density at radius 2 is 2.00 bits per heavy atom. The molecule has 0 aromatic carbocycles. The molecule has 0 unspecified atom stereocenters. The van der Waals surface area contributed by atoms with E-state index in [0.717, 1.165) is 11.0 Å². The lowest BCUT2D eigenvalue weighted by Crippen LogP contribution is -2.70. The van der Waals surface area contributed by atoms with Crippen molar-refractivity contribution in [3.8, 4) is 0 Å². The third-order valence-corrected chi connectivity index (χ3v) is 2.82. The number of ether oxygens (including phenoxy) is 1. The van der Waals surface area contributed by atoms with E-state index in [1.165, 1.54) is 0 Å². The van der Waals surface area contributed by atoms with Crippen molar-refractivity contribution in [1.82, 2.24) is 10.2 Å². The van der Waals surface area contributed by atoms with Gasteiger partial charge in [0.05, 0.1) is 12.6 Å². The molecule has 0 radical (unpaired) electrons. The number of carboxylic acids is 1. The van der Waals surface area contributed by atoms with Crippen LogP contribution < -0.4 is 5.32 Å². The van der Waals surface area contributed by atoms with Gasteiger partial charge < -0.3 is 15.2 Å². The number of rotatable bonds is 5. The van der Waals surface area contributed by atoms with Crippen LogP contribution in [0.25, 0.3) is 0 Å². The highest BCUT2D eigenvalue weighted by Crippen LogP contribution is 2.20. The van der Waals surface area contributed by atoms with Gasteiger partial charge in [0, 0.05) is 12.2 Å². The number of amides is 3. The van der Waals surface area contributed by atoms with E-state index in [1.54, 1.807) is 6.92 Å². The molecule has 1 aliphatic rings. The van der Waals surface area contributed by atoms with Crippen LogP contribution in [0.1, 0.15) is 20.8 Å². The Kier molecular flexibility index (Phi) is 5.45. The van der Waals surface area contributed by atoms with Crippen molar-refractivity contribution in [3.63, 3.8) is 0 Å². The van der Waals surface area contributed by atoms with Crippen molar-refractivity contribution in [2.75, 3.05) is 6.61 Å². The number of carbonyl (C=O) groups excluding carboxylic acids is 3.